The number of benzene rings is 3. The van der Waals surface area contributed by atoms with Crippen LogP contribution >= 0.6 is 0 Å². The average Bonchev–Trinajstić information content (AvgIpc) is 3.27. The highest BCUT2D eigenvalue weighted by atomic mass is 16.3. The zero-order chi connectivity index (χ0) is 21.0. The smallest absolute Gasteiger partial charge is 0.201 e. The molecule has 1 fully saturated rings. The van der Waals surface area contributed by atoms with E-state index in [0.29, 0.717) is 27.8 Å². The Morgan fingerprint density at radius 3 is 2.42 bits per heavy atom. The second-order valence-electron chi connectivity index (χ2n) is 8.33. The van der Waals surface area contributed by atoms with E-state index in [0.717, 1.165) is 41.5 Å². The van der Waals surface area contributed by atoms with E-state index >= 15 is 0 Å². The zero-order valence-corrected chi connectivity index (χ0v) is 16.9. The van der Waals surface area contributed by atoms with Crippen molar-refractivity contribution in [1.29, 1.82) is 0 Å². The number of nitrogens with two attached hydrogens (primary N) is 1. The van der Waals surface area contributed by atoms with Gasteiger partial charge in [-0.3, -0.25) is 4.79 Å². The van der Waals surface area contributed by atoms with Crippen LogP contribution in [0.2, 0.25) is 0 Å². The molecule has 0 amide bonds. The van der Waals surface area contributed by atoms with Crippen molar-refractivity contribution in [2.45, 2.75) is 24.8 Å². The lowest BCUT2D eigenvalue weighted by Crippen LogP contribution is -2.43. The summed E-state index contributed by atoms with van der Waals surface area (Å²) in [6, 6.07) is 21.5. The van der Waals surface area contributed by atoms with E-state index in [9.17, 15) is 4.79 Å². The van der Waals surface area contributed by atoms with Crippen LogP contribution in [-0.2, 0) is 5.54 Å². The van der Waals surface area contributed by atoms with Gasteiger partial charge in [-0.2, -0.15) is 0 Å². The molecule has 6 rings (SSSR count). The quantitative estimate of drug-likeness (QED) is 0.423. The van der Waals surface area contributed by atoms with Crippen molar-refractivity contribution in [3.05, 3.63) is 88.8 Å². The van der Waals surface area contributed by atoms with Gasteiger partial charge >= 0.3 is 0 Å². The summed E-state index contributed by atoms with van der Waals surface area (Å²) < 4.78 is 6.41. The van der Waals surface area contributed by atoms with Gasteiger partial charge < -0.3 is 15.1 Å². The number of hydrogen-bond donors (Lipinski definition) is 2. The summed E-state index contributed by atoms with van der Waals surface area (Å²) in [4.78, 5) is 21.2. The molecule has 1 aliphatic rings. The third-order valence-electron chi connectivity index (χ3n) is 6.48. The van der Waals surface area contributed by atoms with Crippen LogP contribution in [0.4, 0.5) is 0 Å². The molecule has 0 atom stereocenters. The molecule has 1 aliphatic carbocycles. The van der Waals surface area contributed by atoms with Crippen LogP contribution in [0.5, 0.6) is 0 Å². The summed E-state index contributed by atoms with van der Waals surface area (Å²) in [6.45, 7) is 0. The van der Waals surface area contributed by atoms with E-state index in [4.69, 9.17) is 10.2 Å². The number of hydrogen-bond acceptors (Lipinski definition) is 4. The summed E-state index contributed by atoms with van der Waals surface area (Å²) in [7, 11) is 0. The molecule has 31 heavy (non-hydrogen) atoms. The first kappa shape index (κ1) is 18.1. The Labute approximate surface area is 178 Å². The number of imidazole rings is 1. The van der Waals surface area contributed by atoms with Crippen molar-refractivity contribution in [2.24, 2.45) is 5.73 Å². The highest BCUT2D eigenvalue weighted by Crippen LogP contribution is 2.40. The van der Waals surface area contributed by atoms with Gasteiger partial charge in [0.2, 0.25) is 5.43 Å². The van der Waals surface area contributed by atoms with E-state index in [1.165, 1.54) is 0 Å². The van der Waals surface area contributed by atoms with Crippen molar-refractivity contribution < 1.29 is 4.42 Å². The number of nitrogens with zero attached hydrogens (tertiary/aromatic N) is 1. The minimum atomic E-state index is -0.236. The highest BCUT2D eigenvalue weighted by Gasteiger charge is 2.34. The fraction of sp³-hybridized carbons (Fsp3) is 0.154. The van der Waals surface area contributed by atoms with Crippen LogP contribution < -0.4 is 11.2 Å². The molecule has 5 heteroatoms. The first-order valence-corrected chi connectivity index (χ1v) is 10.5. The molecule has 0 bridgehead atoms. The fourth-order valence-corrected chi connectivity index (χ4v) is 4.53. The number of H-pyrrole nitrogens is 1. The number of aromatic amines is 1. The summed E-state index contributed by atoms with van der Waals surface area (Å²) in [5.74, 6) is 0.549. The van der Waals surface area contributed by atoms with Gasteiger partial charge in [0.15, 0.2) is 5.58 Å². The lowest BCUT2D eigenvalue weighted by Gasteiger charge is -2.38. The summed E-state index contributed by atoms with van der Waals surface area (Å²) in [5, 5.41) is 0.521. The minimum Gasteiger partial charge on any atom is -0.453 e. The number of rotatable bonds is 3. The summed E-state index contributed by atoms with van der Waals surface area (Å²) >= 11 is 0. The van der Waals surface area contributed by atoms with Crippen molar-refractivity contribution in [1.82, 2.24) is 9.97 Å². The lowest BCUT2D eigenvalue weighted by molar-refractivity contribution is 0.253. The van der Waals surface area contributed by atoms with Gasteiger partial charge in [-0.05, 0) is 42.5 Å². The Balaban J connectivity index is 1.63. The van der Waals surface area contributed by atoms with E-state index in [2.05, 4.69) is 9.97 Å². The first-order valence-electron chi connectivity index (χ1n) is 10.5. The third kappa shape index (κ3) is 2.74. The molecule has 2 aromatic heterocycles. The van der Waals surface area contributed by atoms with Crippen molar-refractivity contribution in [3.8, 4) is 22.5 Å². The second kappa shape index (κ2) is 6.65. The molecule has 3 N–H and O–H groups in total. The van der Waals surface area contributed by atoms with E-state index in [1.54, 1.807) is 12.4 Å². The van der Waals surface area contributed by atoms with Gasteiger partial charge in [0.25, 0.3) is 0 Å². The monoisotopic (exact) mass is 407 g/mol. The van der Waals surface area contributed by atoms with E-state index in [1.807, 2.05) is 60.7 Å². The van der Waals surface area contributed by atoms with Gasteiger partial charge in [0, 0.05) is 11.1 Å². The number of nitrogens with one attached hydrogen (secondary N) is 1. The molecule has 3 aromatic carbocycles. The van der Waals surface area contributed by atoms with E-state index < -0.39 is 0 Å². The Morgan fingerprint density at radius 2 is 1.71 bits per heavy atom. The van der Waals surface area contributed by atoms with Gasteiger partial charge in [-0.25, -0.2) is 4.98 Å². The van der Waals surface area contributed by atoms with Gasteiger partial charge in [-0.1, -0.05) is 54.6 Å². The third-order valence-corrected chi connectivity index (χ3v) is 6.48. The molecule has 2 heterocycles. The predicted molar refractivity (Wildman–Crippen MR) is 123 cm³/mol. The maximum atomic E-state index is 13.7. The molecular formula is C26H21N3O2. The standard InChI is InChI=1S/C26H21N3O2/c27-26(13-4-14-26)18-9-7-16(8-10-18)21-23(30)19-11-12-20-22(29-15-28-20)25(19)31-24(21)17-5-2-1-3-6-17/h1-3,5-12,15H,4,13-14,27H2,(H,28,29). The zero-order valence-electron chi connectivity index (χ0n) is 16.9. The van der Waals surface area contributed by atoms with Crippen molar-refractivity contribution in [3.63, 3.8) is 0 Å². The van der Waals surface area contributed by atoms with Gasteiger partial charge in [0.05, 0.1) is 22.8 Å². The Hall–Kier alpha value is -3.70. The SMILES string of the molecule is NC1(c2ccc(-c3c(-c4ccccc4)oc4c(ccc5[nH]cnc54)c3=O)cc2)CCC1. The minimum absolute atomic E-state index is 0.0659. The molecular weight excluding hydrogens is 386 g/mol. The molecule has 1 saturated carbocycles. The molecule has 0 saturated heterocycles. The molecule has 0 aliphatic heterocycles. The molecule has 5 nitrogen and oxygen atoms in total. The first-order chi connectivity index (χ1) is 15.1. The number of fused-ring (bicyclic) bond motifs is 3. The van der Waals surface area contributed by atoms with E-state index in [-0.39, 0.29) is 11.0 Å². The van der Waals surface area contributed by atoms with Gasteiger partial charge in [-0.15, -0.1) is 0 Å². The lowest BCUT2D eigenvalue weighted by atomic mass is 9.72. The summed E-state index contributed by atoms with van der Waals surface area (Å²) in [6.07, 6.45) is 4.77. The Morgan fingerprint density at radius 1 is 0.935 bits per heavy atom. The maximum Gasteiger partial charge on any atom is 0.201 e. The topological polar surface area (TPSA) is 84.9 Å². The van der Waals surface area contributed by atoms with Crippen molar-refractivity contribution >= 4 is 22.0 Å². The highest BCUT2D eigenvalue weighted by molar-refractivity contribution is 6.02. The molecule has 0 spiro atoms. The number of aromatic nitrogens is 2. The molecule has 0 radical (unpaired) electrons. The average molecular weight is 407 g/mol. The largest absolute Gasteiger partial charge is 0.453 e. The normalized spacial score (nSPS) is 15.3. The predicted octanol–water partition coefficient (Wildman–Crippen LogP) is 5.34. The van der Waals surface area contributed by atoms with Crippen molar-refractivity contribution in [2.75, 3.05) is 0 Å². The molecule has 5 aromatic rings. The second-order valence-corrected chi connectivity index (χ2v) is 8.33. The Kier molecular flexibility index (Phi) is 3.88. The van der Waals surface area contributed by atoms with Crippen LogP contribution in [0, 0.1) is 0 Å². The van der Waals surface area contributed by atoms with Gasteiger partial charge in [0.1, 0.15) is 11.3 Å². The maximum absolute atomic E-state index is 13.7. The van der Waals surface area contributed by atoms with Crippen LogP contribution in [-0.4, -0.2) is 9.97 Å². The fourth-order valence-electron chi connectivity index (χ4n) is 4.53. The van der Waals surface area contributed by atoms with Crippen LogP contribution in [0.15, 0.2) is 82.3 Å². The Bertz CT molecular complexity index is 1480. The van der Waals surface area contributed by atoms with Crippen LogP contribution in [0.1, 0.15) is 24.8 Å². The van der Waals surface area contributed by atoms with Crippen LogP contribution in [0.25, 0.3) is 44.5 Å². The summed E-state index contributed by atoms with van der Waals surface area (Å²) in [5.41, 5.74) is 11.5. The molecule has 0 unspecified atom stereocenters. The van der Waals surface area contributed by atoms with Crippen LogP contribution in [0.3, 0.4) is 0 Å². The molecule has 152 valence electrons.